The zero-order valence-electron chi connectivity index (χ0n) is 15.2. The Labute approximate surface area is 149 Å². The topological polar surface area (TPSA) is 77.4 Å². The van der Waals surface area contributed by atoms with Gasteiger partial charge in [0.2, 0.25) is 0 Å². The third kappa shape index (κ3) is 3.62. The lowest BCUT2D eigenvalue weighted by Gasteiger charge is -2.36. The molecule has 0 aromatic rings. The fraction of sp³-hybridized carbons (Fsp3) is 1.00. The van der Waals surface area contributed by atoms with Crippen LogP contribution in [0.25, 0.3) is 0 Å². The van der Waals surface area contributed by atoms with Crippen molar-refractivity contribution in [3.05, 3.63) is 0 Å². The third-order valence-electron chi connectivity index (χ3n) is 6.36. The summed E-state index contributed by atoms with van der Waals surface area (Å²) in [6.07, 6.45) is 7.24. The molecule has 2 unspecified atom stereocenters. The first kappa shape index (κ1) is 18.1. The van der Waals surface area contributed by atoms with Gasteiger partial charge in [0, 0.05) is 25.7 Å². The highest BCUT2D eigenvalue weighted by Gasteiger charge is 2.53. The van der Waals surface area contributed by atoms with Crippen LogP contribution in [0.15, 0.2) is 0 Å². The lowest BCUT2D eigenvalue weighted by molar-refractivity contribution is -0.260. The number of hydrogen-bond donors (Lipinski definition) is 2. The van der Waals surface area contributed by atoms with Crippen LogP contribution in [0.2, 0.25) is 0 Å². The van der Waals surface area contributed by atoms with Crippen molar-refractivity contribution >= 4 is 0 Å². The summed E-state index contributed by atoms with van der Waals surface area (Å²) < 4.78 is 24.2. The highest BCUT2D eigenvalue weighted by atomic mass is 16.8. The van der Waals surface area contributed by atoms with Crippen molar-refractivity contribution in [2.45, 2.75) is 113 Å². The van der Waals surface area contributed by atoms with E-state index >= 15 is 0 Å². The second kappa shape index (κ2) is 7.06. The van der Waals surface area contributed by atoms with Gasteiger partial charge in [-0.1, -0.05) is 12.8 Å². The van der Waals surface area contributed by atoms with Gasteiger partial charge < -0.3 is 29.2 Å². The quantitative estimate of drug-likeness (QED) is 0.755. The minimum atomic E-state index is -1.13. The van der Waals surface area contributed by atoms with Crippen LogP contribution in [-0.2, 0) is 18.9 Å². The molecule has 0 aromatic carbocycles. The SMILES string of the molecule is C[C@H]1O[C@H](C2COC3(CCCCC3)O2)C(O)[C@H]1OC1(O)CCCCC1. The third-order valence-corrected chi connectivity index (χ3v) is 6.36. The number of aliphatic hydroxyl groups is 2. The standard InChI is InChI=1S/C19H32O6/c1-13-16(25-18(21)8-4-2-5-9-18)15(20)17(23-13)14-12-22-19(24-14)10-6-3-7-11-19/h13-17,20-21H,2-12H2,1H3/t13-,14?,15?,16+,17-/m1/s1. The Bertz CT molecular complexity index is 457. The summed E-state index contributed by atoms with van der Waals surface area (Å²) in [6.45, 7) is 2.34. The van der Waals surface area contributed by atoms with Gasteiger partial charge in [0.1, 0.15) is 24.4 Å². The molecule has 0 radical (unpaired) electrons. The maximum absolute atomic E-state index is 10.8. The van der Waals surface area contributed by atoms with Crippen molar-refractivity contribution in [2.75, 3.05) is 6.61 Å². The molecule has 2 heterocycles. The van der Waals surface area contributed by atoms with E-state index in [4.69, 9.17) is 18.9 Å². The summed E-state index contributed by atoms with van der Waals surface area (Å²) in [5.41, 5.74) is 0. The van der Waals surface area contributed by atoms with Crippen molar-refractivity contribution in [1.29, 1.82) is 0 Å². The Hall–Kier alpha value is -0.240. The molecule has 6 nitrogen and oxygen atoms in total. The molecule has 0 aromatic heterocycles. The van der Waals surface area contributed by atoms with Crippen LogP contribution in [0.4, 0.5) is 0 Å². The van der Waals surface area contributed by atoms with Crippen molar-refractivity contribution < 1.29 is 29.2 Å². The molecule has 4 fully saturated rings. The summed E-state index contributed by atoms with van der Waals surface area (Å²) in [6, 6.07) is 0. The molecule has 2 aliphatic carbocycles. The maximum Gasteiger partial charge on any atom is 0.169 e. The van der Waals surface area contributed by atoms with E-state index in [-0.39, 0.29) is 12.2 Å². The summed E-state index contributed by atoms with van der Waals surface area (Å²) >= 11 is 0. The first-order chi connectivity index (χ1) is 12.0. The summed E-state index contributed by atoms with van der Waals surface area (Å²) in [7, 11) is 0. The minimum Gasteiger partial charge on any atom is -0.387 e. The predicted molar refractivity (Wildman–Crippen MR) is 89.9 cm³/mol. The Kier molecular flexibility index (Phi) is 5.12. The number of aliphatic hydroxyl groups excluding tert-OH is 1. The van der Waals surface area contributed by atoms with Crippen molar-refractivity contribution in [3.8, 4) is 0 Å². The largest absolute Gasteiger partial charge is 0.387 e. The highest BCUT2D eigenvalue weighted by Crippen LogP contribution is 2.42. The number of hydrogen-bond acceptors (Lipinski definition) is 6. The van der Waals surface area contributed by atoms with E-state index < -0.39 is 29.9 Å². The molecule has 4 rings (SSSR count). The fourth-order valence-corrected chi connectivity index (χ4v) is 4.91. The number of rotatable bonds is 3. The van der Waals surface area contributed by atoms with E-state index in [1.165, 1.54) is 6.42 Å². The van der Waals surface area contributed by atoms with Crippen LogP contribution < -0.4 is 0 Å². The van der Waals surface area contributed by atoms with Gasteiger partial charge in [-0.05, 0) is 32.6 Å². The zero-order valence-corrected chi connectivity index (χ0v) is 15.2. The van der Waals surface area contributed by atoms with Gasteiger partial charge in [-0.15, -0.1) is 0 Å². The average Bonchev–Trinajstić information content (AvgIpc) is 3.12. The highest BCUT2D eigenvalue weighted by molar-refractivity contribution is 4.98. The van der Waals surface area contributed by atoms with Crippen molar-refractivity contribution in [1.82, 2.24) is 0 Å². The van der Waals surface area contributed by atoms with E-state index in [1.54, 1.807) is 0 Å². The Morgan fingerprint density at radius 2 is 1.60 bits per heavy atom. The molecular weight excluding hydrogens is 324 g/mol. The van der Waals surface area contributed by atoms with Gasteiger partial charge in [-0.3, -0.25) is 0 Å². The van der Waals surface area contributed by atoms with Gasteiger partial charge in [-0.2, -0.15) is 0 Å². The molecule has 6 heteroatoms. The summed E-state index contributed by atoms with van der Waals surface area (Å²) in [4.78, 5) is 0. The Balaban J connectivity index is 1.39. The van der Waals surface area contributed by atoms with E-state index in [9.17, 15) is 10.2 Å². The van der Waals surface area contributed by atoms with E-state index in [0.29, 0.717) is 19.4 Å². The second-order valence-corrected chi connectivity index (χ2v) is 8.32. The molecule has 25 heavy (non-hydrogen) atoms. The molecular formula is C19H32O6. The van der Waals surface area contributed by atoms with Crippen LogP contribution in [-0.4, -0.2) is 58.9 Å². The minimum absolute atomic E-state index is 0.273. The van der Waals surface area contributed by atoms with Crippen LogP contribution in [0.5, 0.6) is 0 Å². The lowest BCUT2D eigenvalue weighted by atomic mass is 9.93. The Morgan fingerprint density at radius 3 is 2.28 bits per heavy atom. The number of ether oxygens (including phenoxy) is 4. The molecule has 2 saturated heterocycles. The first-order valence-electron chi connectivity index (χ1n) is 10.1. The molecule has 2 aliphatic heterocycles. The van der Waals surface area contributed by atoms with Crippen LogP contribution in [0, 0.1) is 0 Å². The van der Waals surface area contributed by atoms with Crippen LogP contribution >= 0.6 is 0 Å². The van der Waals surface area contributed by atoms with Gasteiger partial charge in [0.05, 0.1) is 12.7 Å². The average molecular weight is 356 g/mol. The lowest BCUT2D eigenvalue weighted by Crippen LogP contribution is -2.47. The molecule has 5 atom stereocenters. The van der Waals surface area contributed by atoms with Gasteiger partial charge in [0.15, 0.2) is 11.6 Å². The normalized spacial score (nSPS) is 43.6. The summed E-state index contributed by atoms with van der Waals surface area (Å²) in [5.74, 6) is -1.61. The van der Waals surface area contributed by atoms with E-state index in [1.807, 2.05) is 6.92 Å². The smallest absolute Gasteiger partial charge is 0.169 e. The molecule has 2 saturated carbocycles. The molecule has 144 valence electrons. The Morgan fingerprint density at radius 1 is 0.960 bits per heavy atom. The molecule has 1 spiro atoms. The maximum atomic E-state index is 10.8. The first-order valence-corrected chi connectivity index (χ1v) is 10.1. The summed E-state index contributed by atoms with van der Waals surface area (Å²) in [5, 5.41) is 21.5. The van der Waals surface area contributed by atoms with E-state index in [2.05, 4.69) is 0 Å². The molecule has 2 N–H and O–H groups in total. The van der Waals surface area contributed by atoms with Gasteiger partial charge in [0.25, 0.3) is 0 Å². The zero-order chi connectivity index (χ0) is 17.5. The van der Waals surface area contributed by atoms with Crippen molar-refractivity contribution in [3.63, 3.8) is 0 Å². The van der Waals surface area contributed by atoms with Crippen LogP contribution in [0.1, 0.15) is 71.1 Å². The fourth-order valence-electron chi connectivity index (χ4n) is 4.91. The monoisotopic (exact) mass is 356 g/mol. The predicted octanol–water partition coefficient (Wildman–Crippen LogP) is 2.25. The molecule has 0 bridgehead atoms. The molecule has 0 amide bonds. The van der Waals surface area contributed by atoms with Gasteiger partial charge in [-0.25, -0.2) is 0 Å². The van der Waals surface area contributed by atoms with E-state index in [0.717, 1.165) is 44.9 Å². The van der Waals surface area contributed by atoms with Gasteiger partial charge >= 0.3 is 0 Å². The second-order valence-electron chi connectivity index (χ2n) is 8.32. The molecule has 4 aliphatic rings. The van der Waals surface area contributed by atoms with Crippen LogP contribution in [0.3, 0.4) is 0 Å². The van der Waals surface area contributed by atoms with Crippen molar-refractivity contribution in [2.24, 2.45) is 0 Å².